The third kappa shape index (κ3) is 3.20. The Morgan fingerprint density at radius 3 is 2.50 bits per heavy atom. The van der Waals surface area contributed by atoms with E-state index in [1.807, 2.05) is 0 Å². The molecular weight excluding hydrogens is 280 g/mol. The van der Waals surface area contributed by atoms with Crippen molar-refractivity contribution in [2.75, 3.05) is 32.8 Å². The zero-order valence-corrected chi connectivity index (χ0v) is 12.8. The Balaban J connectivity index is 2.07. The fourth-order valence-corrected chi connectivity index (χ4v) is 3.69. The van der Waals surface area contributed by atoms with Crippen LogP contribution in [0.15, 0.2) is 17.3 Å². The standard InChI is InChI=1S/C12H22N4O3S/c1-11(2)14-3-5-16(6-4-14)20(18,19)12-9-13-15(10-12)7-8-17/h9-11,17H,3-8H2,1-2H3. The second-order valence-electron chi connectivity index (χ2n) is 5.20. The third-order valence-corrected chi connectivity index (χ3v) is 5.43. The Labute approximate surface area is 119 Å². The van der Waals surface area contributed by atoms with E-state index in [-0.39, 0.29) is 11.5 Å². The van der Waals surface area contributed by atoms with Crippen LogP contribution in [0.5, 0.6) is 0 Å². The van der Waals surface area contributed by atoms with Crippen LogP contribution in [0.1, 0.15) is 13.8 Å². The summed E-state index contributed by atoms with van der Waals surface area (Å²) in [5.74, 6) is 0. The van der Waals surface area contributed by atoms with Gasteiger partial charge in [0.05, 0.1) is 19.3 Å². The molecule has 1 fully saturated rings. The zero-order valence-electron chi connectivity index (χ0n) is 11.9. The molecule has 114 valence electrons. The summed E-state index contributed by atoms with van der Waals surface area (Å²) >= 11 is 0. The van der Waals surface area contributed by atoms with Crippen LogP contribution in [0.4, 0.5) is 0 Å². The van der Waals surface area contributed by atoms with Crippen LogP contribution in [0, 0.1) is 0 Å². The molecule has 0 amide bonds. The molecule has 0 spiro atoms. The van der Waals surface area contributed by atoms with Gasteiger partial charge in [0.25, 0.3) is 0 Å². The van der Waals surface area contributed by atoms with Crippen LogP contribution in [-0.4, -0.2) is 71.3 Å². The topological polar surface area (TPSA) is 78.7 Å². The molecule has 0 saturated carbocycles. The summed E-state index contributed by atoms with van der Waals surface area (Å²) < 4.78 is 27.9. The summed E-state index contributed by atoms with van der Waals surface area (Å²) in [6.45, 7) is 6.98. The fraction of sp³-hybridized carbons (Fsp3) is 0.750. The highest BCUT2D eigenvalue weighted by atomic mass is 32.2. The Morgan fingerprint density at radius 1 is 1.30 bits per heavy atom. The lowest BCUT2D eigenvalue weighted by molar-refractivity contribution is 0.154. The zero-order chi connectivity index (χ0) is 14.8. The van der Waals surface area contributed by atoms with E-state index in [4.69, 9.17) is 5.11 Å². The Bertz CT molecular complexity index is 533. The molecule has 20 heavy (non-hydrogen) atoms. The summed E-state index contributed by atoms with van der Waals surface area (Å²) in [6.07, 6.45) is 2.82. The van der Waals surface area contributed by atoms with Crippen molar-refractivity contribution in [3.63, 3.8) is 0 Å². The SMILES string of the molecule is CC(C)N1CCN(S(=O)(=O)c2cnn(CCO)c2)CC1. The normalized spacial score (nSPS) is 18.8. The van der Waals surface area contributed by atoms with E-state index in [1.165, 1.54) is 21.4 Å². The summed E-state index contributed by atoms with van der Waals surface area (Å²) in [5.41, 5.74) is 0. The van der Waals surface area contributed by atoms with Gasteiger partial charge in [-0.15, -0.1) is 0 Å². The molecule has 2 heterocycles. The molecule has 1 saturated heterocycles. The minimum absolute atomic E-state index is 0.0613. The maximum Gasteiger partial charge on any atom is 0.246 e. The van der Waals surface area contributed by atoms with Crippen LogP contribution in [0.25, 0.3) is 0 Å². The molecule has 2 rings (SSSR count). The summed E-state index contributed by atoms with van der Waals surface area (Å²) in [4.78, 5) is 2.46. The summed E-state index contributed by atoms with van der Waals surface area (Å²) in [6, 6.07) is 0.437. The first-order valence-electron chi connectivity index (χ1n) is 6.82. The Hall–Kier alpha value is -0.960. The molecule has 8 heteroatoms. The van der Waals surface area contributed by atoms with E-state index < -0.39 is 10.0 Å². The average molecular weight is 302 g/mol. The molecule has 0 atom stereocenters. The van der Waals surface area contributed by atoms with Crippen LogP contribution in [-0.2, 0) is 16.6 Å². The highest BCUT2D eigenvalue weighted by Crippen LogP contribution is 2.17. The number of rotatable bonds is 5. The van der Waals surface area contributed by atoms with E-state index in [0.29, 0.717) is 25.7 Å². The van der Waals surface area contributed by atoms with E-state index in [2.05, 4.69) is 23.8 Å². The van der Waals surface area contributed by atoms with Gasteiger partial charge in [-0.3, -0.25) is 9.58 Å². The van der Waals surface area contributed by atoms with E-state index in [1.54, 1.807) is 0 Å². The number of aliphatic hydroxyl groups is 1. The van der Waals surface area contributed by atoms with E-state index in [0.717, 1.165) is 13.1 Å². The van der Waals surface area contributed by atoms with Crippen molar-refractivity contribution in [1.29, 1.82) is 0 Å². The molecular formula is C12H22N4O3S. The molecule has 1 aliphatic rings. The molecule has 1 aliphatic heterocycles. The van der Waals surface area contributed by atoms with Gasteiger partial charge in [-0.25, -0.2) is 8.42 Å². The number of hydrogen-bond donors (Lipinski definition) is 1. The molecule has 1 aromatic rings. The van der Waals surface area contributed by atoms with Crippen LogP contribution < -0.4 is 0 Å². The van der Waals surface area contributed by atoms with Crippen molar-refractivity contribution in [2.24, 2.45) is 0 Å². The second-order valence-corrected chi connectivity index (χ2v) is 7.13. The summed E-state index contributed by atoms with van der Waals surface area (Å²) in [7, 11) is -3.47. The maximum absolute atomic E-state index is 12.5. The monoisotopic (exact) mass is 302 g/mol. The minimum atomic E-state index is -3.47. The molecule has 1 aromatic heterocycles. The van der Waals surface area contributed by atoms with Crippen molar-refractivity contribution in [2.45, 2.75) is 31.3 Å². The predicted molar refractivity (Wildman–Crippen MR) is 74.8 cm³/mol. The van der Waals surface area contributed by atoms with Gasteiger partial charge in [0, 0.05) is 38.4 Å². The van der Waals surface area contributed by atoms with Gasteiger partial charge in [-0.05, 0) is 13.8 Å². The van der Waals surface area contributed by atoms with Crippen molar-refractivity contribution in [1.82, 2.24) is 19.0 Å². The number of aliphatic hydroxyl groups excluding tert-OH is 1. The van der Waals surface area contributed by atoms with Gasteiger partial charge < -0.3 is 5.11 Å². The molecule has 0 aromatic carbocycles. The van der Waals surface area contributed by atoms with Crippen molar-refractivity contribution in [3.8, 4) is 0 Å². The first kappa shape index (κ1) is 15.4. The molecule has 7 nitrogen and oxygen atoms in total. The highest BCUT2D eigenvalue weighted by Gasteiger charge is 2.30. The van der Waals surface area contributed by atoms with Gasteiger partial charge in [-0.1, -0.05) is 0 Å². The van der Waals surface area contributed by atoms with Gasteiger partial charge in [-0.2, -0.15) is 9.40 Å². The first-order valence-corrected chi connectivity index (χ1v) is 8.26. The van der Waals surface area contributed by atoms with Gasteiger partial charge in [0.2, 0.25) is 10.0 Å². The van der Waals surface area contributed by atoms with E-state index in [9.17, 15) is 8.42 Å². The minimum Gasteiger partial charge on any atom is -0.394 e. The van der Waals surface area contributed by atoms with Gasteiger partial charge in [0.1, 0.15) is 4.90 Å². The Kier molecular flexibility index (Phi) is 4.79. The fourth-order valence-electron chi connectivity index (χ4n) is 2.31. The molecule has 0 bridgehead atoms. The van der Waals surface area contributed by atoms with Crippen LogP contribution in [0.2, 0.25) is 0 Å². The third-order valence-electron chi connectivity index (χ3n) is 3.58. The number of piperazine rings is 1. The lowest BCUT2D eigenvalue weighted by Crippen LogP contribution is -2.50. The number of hydrogen-bond acceptors (Lipinski definition) is 5. The largest absolute Gasteiger partial charge is 0.394 e. The van der Waals surface area contributed by atoms with Crippen molar-refractivity contribution < 1.29 is 13.5 Å². The van der Waals surface area contributed by atoms with Crippen LogP contribution in [0.3, 0.4) is 0 Å². The van der Waals surface area contributed by atoms with Crippen molar-refractivity contribution in [3.05, 3.63) is 12.4 Å². The number of nitrogens with zero attached hydrogens (tertiary/aromatic N) is 4. The van der Waals surface area contributed by atoms with E-state index >= 15 is 0 Å². The quantitative estimate of drug-likeness (QED) is 0.800. The lowest BCUT2D eigenvalue weighted by Gasteiger charge is -2.35. The number of sulfonamides is 1. The molecule has 0 aliphatic carbocycles. The second kappa shape index (κ2) is 6.21. The van der Waals surface area contributed by atoms with Crippen molar-refractivity contribution >= 4 is 10.0 Å². The lowest BCUT2D eigenvalue weighted by atomic mass is 10.3. The predicted octanol–water partition coefficient (Wildman–Crippen LogP) is -0.410. The van der Waals surface area contributed by atoms with Gasteiger partial charge in [0.15, 0.2) is 0 Å². The molecule has 0 radical (unpaired) electrons. The molecule has 1 N–H and O–H groups in total. The smallest absolute Gasteiger partial charge is 0.246 e. The van der Waals surface area contributed by atoms with Gasteiger partial charge >= 0.3 is 0 Å². The number of aromatic nitrogens is 2. The summed E-state index contributed by atoms with van der Waals surface area (Å²) in [5, 5.41) is 12.8. The van der Waals surface area contributed by atoms with Crippen LogP contribution >= 0.6 is 0 Å². The Morgan fingerprint density at radius 2 is 1.95 bits per heavy atom. The first-order chi connectivity index (χ1) is 9.45. The average Bonchev–Trinajstić information content (AvgIpc) is 2.88. The highest BCUT2D eigenvalue weighted by molar-refractivity contribution is 7.89. The maximum atomic E-state index is 12.5. The molecule has 0 unspecified atom stereocenters.